The van der Waals surface area contributed by atoms with E-state index in [9.17, 15) is 9.59 Å². The van der Waals surface area contributed by atoms with Crippen molar-refractivity contribution in [3.8, 4) is 0 Å². The minimum Gasteiger partial charge on any atom is -0.337 e. The summed E-state index contributed by atoms with van der Waals surface area (Å²) >= 11 is 2.95. The van der Waals surface area contributed by atoms with Gasteiger partial charge in [-0.25, -0.2) is 4.98 Å². The molecule has 0 saturated carbocycles. The molecule has 23 heavy (non-hydrogen) atoms. The molecule has 0 radical (unpaired) electrons. The minimum absolute atomic E-state index is 0. The molecule has 126 valence electrons. The molecule has 3 heterocycles. The van der Waals surface area contributed by atoms with E-state index < -0.39 is 0 Å². The van der Waals surface area contributed by atoms with Gasteiger partial charge >= 0.3 is 0 Å². The van der Waals surface area contributed by atoms with Gasteiger partial charge in [-0.2, -0.15) is 0 Å². The van der Waals surface area contributed by atoms with Gasteiger partial charge in [-0.3, -0.25) is 14.0 Å². The molecule has 2 aromatic heterocycles. The summed E-state index contributed by atoms with van der Waals surface area (Å²) in [6.45, 7) is 4.53. The topological polar surface area (TPSA) is 66.7 Å². The summed E-state index contributed by atoms with van der Waals surface area (Å²) < 4.78 is 1.53. The number of fused-ring (bicyclic) bond motifs is 1. The maximum atomic E-state index is 12.2. The normalized spacial score (nSPS) is 18.0. The largest absolute Gasteiger partial charge is 0.337 e. The number of hydrogen-bond acceptors (Lipinski definition) is 6. The second kappa shape index (κ2) is 8.14. The van der Waals surface area contributed by atoms with E-state index >= 15 is 0 Å². The number of aromatic nitrogens is 2. The first kappa shape index (κ1) is 18.3. The fraction of sp³-hybridized carbons (Fsp3) is 0.500. The lowest BCUT2D eigenvalue weighted by Crippen LogP contribution is -2.52. The molecule has 1 fully saturated rings. The third-order valence-electron chi connectivity index (χ3n) is 3.65. The van der Waals surface area contributed by atoms with Gasteiger partial charge < -0.3 is 10.2 Å². The first-order valence-corrected chi connectivity index (χ1v) is 9.22. The van der Waals surface area contributed by atoms with Crippen molar-refractivity contribution in [3.63, 3.8) is 0 Å². The van der Waals surface area contributed by atoms with Gasteiger partial charge in [0.1, 0.15) is 0 Å². The lowest BCUT2D eigenvalue weighted by atomic mass is 10.2. The Kier molecular flexibility index (Phi) is 6.46. The number of carbonyl (C=O) groups is 1. The first-order chi connectivity index (χ1) is 10.6. The molecule has 1 aliphatic heterocycles. The third-order valence-corrected chi connectivity index (χ3v) is 5.36. The molecule has 3 rings (SSSR count). The van der Waals surface area contributed by atoms with Gasteiger partial charge in [0, 0.05) is 49.1 Å². The SMILES string of the molecule is C[C@H]1CNCCN1C(=O)CSCc1cc(=O)n2ccsc2n1.Cl. The Morgan fingerprint density at radius 1 is 1.57 bits per heavy atom. The van der Waals surface area contributed by atoms with Gasteiger partial charge in [0.25, 0.3) is 5.56 Å². The Morgan fingerprint density at radius 2 is 2.39 bits per heavy atom. The van der Waals surface area contributed by atoms with E-state index in [0.717, 1.165) is 25.3 Å². The highest BCUT2D eigenvalue weighted by Crippen LogP contribution is 2.14. The Balaban J connectivity index is 0.00000192. The number of carbonyl (C=O) groups excluding carboxylic acids is 1. The summed E-state index contributed by atoms with van der Waals surface area (Å²) in [5.74, 6) is 1.17. The first-order valence-electron chi connectivity index (χ1n) is 7.19. The molecule has 0 aliphatic carbocycles. The second-order valence-electron chi connectivity index (χ2n) is 5.27. The van der Waals surface area contributed by atoms with Crippen molar-refractivity contribution < 1.29 is 4.79 Å². The summed E-state index contributed by atoms with van der Waals surface area (Å²) in [4.78, 5) is 31.2. The van der Waals surface area contributed by atoms with Crippen molar-refractivity contribution in [2.45, 2.75) is 18.7 Å². The number of amides is 1. The van der Waals surface area contributed by atoms with Crippen LogP contribution in [0.4, 0.5) is 0 Å². The highest BCUT2D eigenvalue weighted by molar-refractivity contribution is 7.99. The quantitative estimate of drug-likeness (QED) is 0.871. The van der Waals surface area contributed by atoms with Crippen LogP contribution in [0.25, 0.3) is 4.96 Å². The van der Waals surface area contributed by atoms with Crippen LogP contribution in [0.2, 0.25) is 0 Å². The molecular weight excluding hydrogens is 356 g/mol. The summed E-state index contributed by atoms with van der Waals surface area (Å²) in [7, 11) is 0. The molecule has 6 nitrogen and oxygen atoms in total. The number of rotatable bonds is 4. The lowest BCUT2D eigenvalue weighted by Gasteiger charge is -2.33. The van der Waals surface area contributed by atoms with Crippen molar-refractivity contribution in [2.75, 3.05) is 25.4 Å². The van der Waals surface area contributed by atoms with Crippen LogP contribution in [-0.2, 0) is 10.5 Å². The van der Waals surface area contributed by atoms with E-state index in [1.807, 2.05) is 10.3 Å². The fourth-order valence-electron chi connectivity index (χ4n) is 2.50. The Hall–Kier alpha value is -1.09. The number of nitrogens with one attached hydrogen (secondary N) is 1. The zero-order valence-corrected chi connectivity index (χ0v) is 15.2. The van der Waals surface area contributed by atoms with Crippen LogP contribution in [0.15, 0.2) is 22.4 Å². The highest BCUT2D eigenvalue weighted by Gasteiger charge is 2.22. The van der Waals surface area contributed by atoms with Crippen LogP contribution in [0, 0.1) is 0 Å². The Bertz CT molecular complexity index is 733. The lowest BCUT2D eigenvalue weighted by molar-refractivity contribution is -0.131. The van der Waals surface area contributed by atoms with Gasteiger partial charge in [0.15, 0.2) is 4.96 Å². The van der Waals surface area contributed by atoms with E-state index in [4.69, 9.17) is 0 Å². The third kappa shape index (κ3) is 4.26. The molecule has 1 atom stereocenters. The van der Waals surface area contributed by atoms with E-state index in [-0.39, 0.29) is 29.9 Å². The van der Waals surface area contributed by atoms with Crippen LogP contribution in [0.3, 0.4) is 0 Å². The second-order valence-corrected chi connectivity index (χ2v) is 7.13. The Labute approximate surface area is 148 Å². The number of thioether (sulfide) groups is 1. The maximum Gasteiger partial charge on any atom is 0.258 e. The monoisotopic (exact) mass is 374 g/mol. The summed E-state index contributed by atoms with van der Waals surface area (Å²) in [6.07, 6.45) is 1.72. The Morgan fingerprint density at radius 3 is 3.17 bits per heavy atom. The molecule has 0 bridgehead atoms. The smallest absolute Gasteiger partial charge is 0.258 e. The molecule has 1 amide bonds. The number of piperazine rings is 1. The van der Waals surface area contributed by atoms with Crippen molar-refractivity contribution in [2.24, 2.45) is 0 Å². The van der Waals surface area contributed by atoms with Gasteiger partial charge in [0.05, 0.1) is 11.4 Å². The van der Waals surface area contributed by atoms with Crippen LogP contribution < -0.4 is 10.9 Å². The van der Waals surface area contributed by atoms with Crippen LogP contribution in [0.1, 0.15) is 12.6 Å². The molecule has 0 unspecified atom stereocenters. The van der Waals surface area contributed by atoms with Crippen LogP contribution in [-0.4, -0.2) is 51.6 Å². The average molecular weight is 375 g/mol. The van der Waals surface area contributed by atoms with Gasteiger partial charge in [-0.05, 0) is 6.92 Å². The molecule has 0 spiro atoms. The molecular formula is C14H19ClN4O2S2. The minimum atomic E-state index is -0.0658. The summed E-state index contributed by atoms with van der Waals surface area (Å²) in [6, 6.07) is 1.79. The van der Waals surface area contributed by atoms with E-state index in [2.05, 4.69) is 17.2 Å². The van der Waals surface area contributed by atoms with Crippen LogP contribution in [0.5, 0.6) is 0 Å². The predicted octanol–water partition coefficient (Wildman–Crippen LogP) is 1.23. The zero-order chi connectivity index (χ0) is 15.5. The van der Waals surface area contributed by atoms with E-state index in [1.54, 1.807) is 12.3 Å². The maximum absolute atomic E-state index is 12.2. The van der Waals surface area contributed by atoms with Gasteiger partial charge in [-0.1, -0.05) is 0 Å². The number of nitrogens with zero attached hydrogens (tertiary/aromatic N) is 3. The summed E-state index contributed by atoms with van der Waals surface area (Å²) in [5.41, 5.74) is 0.669. The zero-order valence-electron chi connectivity index (χ0n) is 12.7. The van der Waals surface area contributed by atoms with Crippen molar-refractivity contribution >= 4 is 46.4 Å². The van der Waals surface area contributed by atoms with Crippen molar-refractivity contribution in [1.29, 1.82) is 0 Å². The number of hydrogen-bond donors (Lipinski definition) is 1. The molecule has 9 heteroatoms. The fourth-order valence-corrected chi connectivity index (χ4v) is 4.04. The molecule has 1 aliphatic rings. The van der Waals surface area contributed by atoms with E-state index in [0.29, 0.717) is 16.5 Å². The van der Waals surface area contributed by atoms with Crippen molar-refractivity contribution in [1.82, 2.24) is 19.6 Å². The van der Waals surface area contributed by atoms with Gasteiger partial charge in [0.2, 0.25) is 5.91 Å². The number of thiazole rings is 1. The van der Waals surface area contributed by atoms with Crippen LogP contribution >= 0.6 is 35.5 Å². The van der Waals surface area contributed by atoms with E-state index in [1.165, 1.54) is 27.5 Å². The number of halogens is 1. The molecule has 0 aromatic carbocycles. The predicted molar refractivity (Wildman–Crippen MR) is 96.8 cm³/mol. The van der Waals surface area contributed by atoms with Crippen molar-refractivity contribution in [3.05, 3.63) is 33.7 Å². The standard InChI is InChI=1S/C14H18N4O2S2.ClH/c1-10-7-15-2-3-17(10)13(20)9-21-8-11-6-12(19)18-4-5-22-14(18)16-11;/h4-6,10,15H,2-3,7-9H2,1H3;1H/t10-;/m0./s1. The molecule has 1 N–H and O–H groups in total. The highest BCUT2D eigenvalue weighted by atomic mass is 35.5. The molecule has 2 aromatic rings. The van der Waals surface area contributed by atoms with Gasteiger partial charge in [-0.15, -0.1) is 35.5 Å². The molecule has 1 saturated heterocycles. The summed E-state index contributed by atoms with van der Waals surface area (Å²) in [5, 5.41) is 5.12. The average Bonchev–Trinajstić information content (AvgIpc) is 2.96.